The van der Waals surface area contributed by atoms with Gasteiger partial charge in [-0.1, -0.05) is 0 Å². The van der Waals surface area contributed by atoms with E-state index in [0.717, 1.165) is 5.56 Å². The Balaban J connectivity index is 2.00. The van der Waals surface area contributed by atoms with E-state index in [0.29, 0.717) is 20.2 Å². The number of nitro groups is 1. The minimum absolute atomic E-state index is 0.0895. The smallest absolute Gasteiger partial charge is 0.338 e. The van der Waals surface area contributed by atoms with Crippen LogP contribution in [0.25, 0.3) is 0 Å². The number of amides is 1. The van der Waals surface area contributed by atoms with Gasteiger partial charge in [0.15, 0.2) is 6.61 Å². The molecule has 0 aliphatic rings. The number of anilines is 1. The third-order valence-electron chi connectivity index (χ3n) is 3.41. The second kappa shape index (κ2) is 8.41. The van der Waals surface area contributed by atoms with Crippen LogP contribution >= 0.6 is 31.9 Å². The number of aryl methyl sites for hydroxylation is 2. The van der Waals surface area contributed by atoms with E-state index in [-0.39, 0.29) is 11.3 Å². The number of hydrogen-bond donors (Lipinski definition) is 1. The molecule has 0 atom stereocenters. The number of carbonyl (C=O) groups excluding carboxylic acids is 2. The summed E-state index contributed by atoms with van der Waals surface area (Å²) in [4.78, 5) is 34.3. The Kier molecular flexibility index (Phi) is 6.49. The van der Waals surface area contributed by atoms with Crippen LogP contribution in [0.2, 0.25) is 0 Å². The monoisotopic (exact) mass is 484 g/mol. The number of carbonyl (C=O) groups is 2. The van der Waals surface area contributed by atoms with Crippen LogP contribution in [0.3, 0.4) is 0 Å². The molecule has 0 heterocycles. The van der Waals surface area contributed by atoms with Crippen LogP contribution in [-0.4, -0.2) is 23.4 Å². The van der Waals surface area contributed by atoms with E-state index in [1.807, 2.05) is 19.1 Å². The zero-order chi connectivity index (χ0) is 19.4. The van der Waals surface area contributed by atoms with Gasteiger partial charge in [-0.2, -0.15) is 0 Å². The van der Waals surface area contributed by atoms with E-state index in [1.54, 1.807) is 0 Å². The molecule has 0 spiro atoms. The molecule has 0 aliphatic heterocycles. The second-order valence-corrected chi connectivity index (χ2v) is 7.19. The molecular formula is C17H14Br2N2O5. The lowest BCUT2D eigenvalue weighted by Crippen LogP contribution is -2.21. The molecule has 1 amide bonds. The van der Waals surface area contributed by atoms with Gasteiger partial charge in [0.05, 0.1) is 16.2 Å². The summed E-state index contributed by atoms with van der Waals surface area (Å²) in [6.45, 7) is 2.95. The number of halogens is 2. The zero-order valence-corrected chi connectivity index (χ0v) is 17.0. The third-order valence-corrected chi connectivity index (χ3v) is 4.67. The van der Waals surface area contributed by atoms with Crippen molar-refractivity contribution in [2.75, 3.05) is 11.9 Å². The van der Waals surface area contributed by atoms with Gasteiger partial charge < -0.3 is 10.1 Å². The summed E-state index contributed by atoms with van der Waals surface area (Å²) in [6.07, 6.45) is 0. The van der Waals surface area contributed by atoms with Crippen LogP contribution in [0, 0.1) is 24.0 Å². The molecule has 2 aromatic carbocycles. The predicted octanol–water partition coefficient (Wildman–Crippen LogP) is 4.53. The van der Waals surface area contributed by atoms with E-state index in [9.17, 15) is 19.7 Å². The molecule has 0 radical (unpaired) electrons. The van der Waals surface area contributed by atoms with Crippen LogP contribution in [0.1, 0.15) is 21.5 Å². The number of nitrogens with zero attached hydrogens (tertiary/aromatic N) is 1. The number of ether oxygens (including phenoxy) is 1. The average molecular weight is 486 g/mol. The van der Waals surface area contributed by atoms with E-state index < -0.39 is 23.4 Å². The van der Waals surface area contributed by atoms with Crippen molar-refractivity contribution in [2.24, 2.45) is 0 Å². The molecule has 0 aromatic heterocycles. The molecule has 0 fully saturated rings. The van der Waals surface area contributed by atoms with E-state index in [4.69, 9.17) is 4.74 Å². The van der Waals surface area contributed by atoms with Crippen LogP contribution in [0.4, 0.5) is 11.4 Å². The zero-order valence-electron chi connectivity index (χ0n) is 13.8. The van der Waals surface area contributed by atoms with Gasteiger partial charge in [0.1, 0.15) is 0 Å². The maximum atomic E-state index is 12.0. The van der Waals surface area contributed by atoms with Gasteiger partial charge in [0.25, 0.3) is 11.6 Å². The van der Waals surface area contributed by atoms with E-state index in [2.05, 4.69) is 37.2 Å². The first-order valence-electron chi connectivity index (χ1n) is 7.36. The molecule has 0 bridgehead atoms. The highest BCUT2D eigenvalue weighted by molar-refractivity contribution is 9.11. The molecule has 26 heavy (non-hydrogen) atoms. The van der Waals surface area contributed by atoms with Crippen molar-refractivity contribution in [3.05, 3.63) is 66.1 Å². The molecule has 7 nitrogen and oxygen atoms in total. The summed E-state index contributed by atoms with van der Waals surface area (Å²) in [5.74, 6) is -1.25. The molecule has 9 heteroatoms. The maximum Gasteiger partial charge on any atom is 0.338 e. The van der Waals surface area contributed by atoms with E-state index in [1.165, 1.54) is 25.1 Å². The summed E-state index contributed by atoms with van der Waals surface area (Å²) in [5.41, 5.74) is 1.91. The molecule has 0 aliphatic carbocycles. The molecule has 136 valence electrons. The summed E-state index contributed by atoms with van der Waals surface area (Å²) in [6, 6.07) is 7.55. The number of benzene rings is 2. The SMILES string of the molecule is Cc1cc(Br)c(NC(=O)COC(=O)c2ccc([N+](=O)[O-])c(C)c2)c(Br)c1. The van der Waals surface area contributed by atoms with Crippen LogP contribution in [0.15, 0.2) is 39.3 Å². The van der Waals surface area contributed by atoms with Gasteiger partial charge in [-0.15, -0.1) is 0 Å². The molecule has 2 aromatic rings. The van der Waals surface area contributed by atoms with Gasteiger partial charge >= 0.3 is 5.97 Å². The van der Waals surface area contributed by atoms with Crippen molar-refractivity contribution < 1.29 is 19.2 Å². The maximum absolute atomic E-state index is 12.0. The third kappa shape index (κ3) is 4.89. The first kappa shape index (κ1) is 20.1. The summed E-state index contributed by atoms with van der Waals surface area (Å²) >= 11 is 6.72. The lowest BCUT2D eigenvalue weighted by atomic mass is 10.1. The predicted molar refractivity (Wildman–Crippen MR) is 103 cm³/mol. The quantitative estimate of drug-likeness (QED) is 0.381. The highest BCUT2D eigenvalue weighted by Gasteiger charge is 2.16. The van der Waals surface area contributed by atoms with Gasteiger partial charge in [-0.3, -0.25) is 14.9 Å². The Bertz CT molecular complexity index is 876. The Morgan fingerprint density at radius 3 is 2.31 bits per heavy atom. The highest BCUT2D eigenvalue weighted by atomic mass is 79.9. The van der Waals surface area contributed by atoms with Gasteiger partial charge in [-0.25, -0.2) is 4.79 Å². The van der Waals surface area contributed by atoms with Gasteiger partial charge in [0.2, 0.25) is 0 Å². The van der Waals surface area contributed by atoms with Crippen LogP contribution in [0.5, 0.6) is 0 Å². The molecule has 0 unspecified atom stereocenters. The highest BCUT2D eigenvalue weighted by Crippen LogP contribution is 2.32. The molecular weight excluding hydrogens is 472 g/mol. The van der Waals surface area contributed by atoms with Gasteiger partial charge in [0, 0.05) is 20.6 Å². The van der Waals surface area contributed by atoms with Crippen LogP contribution < -0.4 is 5.32 Å². The van der Waals surface area contributed by atoms with Crippen molar-refractivity contribution in [2.45, 2.75) is 13.8 Å². The topological polar surface area (TPSA) is 98.5 Å². The fraction of sp³-hybridized carbons (Fsp3) is 0.176. The minimum Gasteiger partial charge on any atom is -0.452 e. The number of rotatable bonds is 5. The van der Waals surface area contributed by atoms with Crippen molar-refractivity contribution in [1.82, 2.24) is 0 Å². The fourth-order valence-electron chi connectivity index (χ4n) is 2.20. The lowest BCUT2D eigenvalue weighted by Gasteiger charge is -2.11. The first-order valence-corrected chi connectivity index (χ1v) is 8.95. The number of esters is 1. The molecule has 0 saturated carbocycles. The number of nitrogens with one attached hydrogen (secondary N) is 1. The fourth-order valence-corrected chi connectivity index (χ4v) is 3.81. The first-order chi connectivity index (χ1) is 12.2. The number of hydrogen-bond acceptors (Lipinski definition) is 5. The van der Waals surface area contributed by atoms with Crippen molar-refractivity contribution in [3.63, 3.8) is 0 Å². The minimum atomic E-state index is -0.736. The largest absolute Gasteiger partial charge is 0.452 e. The molecule has 0 saturated heterocycles. The molecule has 1 N–H and O–H groups in total. The Hall–Kier alpha value is -2.26. The Morgan fingerprint density at radius 2 is 1.77 bits per heavy atom. The number of nitro benzene ring substituents is 1. The van der Waals surface area contributed by atoms with Crippen molar-refractivity contribution >= 4 is 55.1 Å². The normalized spacial score (nSPS) is 10.3. The van der Waals surface area contributed by atoms with Gasteiger partial charge in [-0.05, 0) is 75.5 Å². The van der Waals surface area contributed by atoms with Crippen molar-refractivity contribution in [3.8, 4) is 0 Å². The Labute approximate surface area is 166 Å². The summed E-state index contributed by atoms with van der Waals surface area (Å²) in [5, 5.41) is 13.4. The standard InChI is InChI=1S/C17H14Br2N2O5/c1-9-5-12(18)16(13(19)6-9)20-15(22)8-26-17(23)11-3-4-14(21(24)25)10(2)7-11/h3-7H,8H2,1-2H3,(H,20,22). The summed E-state index contributed by atoms with van der Waals surface area (Å²) < 4.78 is 6.35. The van der Waals surface area contributed by atoms with Crippen molar-refractivity contribution in [1.29, 1.82) is 0 Å². The Morgan fingerprint density at radius 1 is 1.15 bits per heavy atom. The van der Waals surface area contributed by atoms with E-state index >= 15 is 0 Å². The average Bonchev–Trinajstić information content (AvgIpc) is 2.55. The van der Waals surface area contributed by atoms with Crippen LogP contribution in [-0.2, 0) is 9.53 Å². The lowest BCUT2D eigenvalue weighted by molar-refractivity contribution is -0.385. The molecule has 2 rings (SSSR count). The second-order valence-electron chi connectivity index (χ2n) is 5.49. The summed E-state index contributed by atoms with van der Waals surface area (Å²) in [7, 11) is 0.